The van der Waals surface area contributed by atoms with Gasteiger partial charge in [-0.05, 0) is 138 Å². The number of hydrogen-bond acceptors (Lipinski definition) is 21. The maximum atomic E-state index is 15.6. The second-order valence-corrected chi connectivity index (χ2v) is 33.5. The molecular weight excluding hydrogens is 1700 g/mol. The number of aromatic nitrogens is 2. The van der Waals surface area contributed by atoms with Gasteiger partial charge in [0.25, 0.3) is 0 Å². The standard InChI is InChI=1S/C90H115N21O18S/c1-6-48(4)75-87(128)109-74(47(2)3)86(127)106-68(39-52-23-31-58(115)32-24-52)80(121)101-64(17-11-35-96-89(92)93)78(119)103-67(38-51-21-29-57(114)30-22-51)81(122)104-69(40-53-25-33-59(116)34-26-53)85(126)111-76(49(5)112)88(129)107-71(42-55-44-99-63-16-10-8-14-61(55)63)83(124)105-70(41-54-43-98-62-15-9-7-13-60(54)62)82(123)102-65(18-12-36-97-90(94)95)79(120)108-72(77(91)118)45-130-46-73(117)100-66(84(125)110-75)37-50-19-27-56(113)28-20-50/h7-10,13-16,19-34,43-44,47-49,64-72,74-76,98-99,112-116H,6,11-12,17-18,35-42,45-46H2,1-5H3,(H2,91,118)(H,100,117)(H,101,121)(H,102,123)(H,103,119)(H,104,122)(H,105,124)(H,106,127)(H,107,129)(H,108,120)(H,109,128)(H,110,125)(H,111,126)(H4,92,93,96)(H4,94,95,97)/t48-,49+,64-,65-,66+,67-,68-,69-,70-,71-,72-,74-,75-,76-/m0/s1. The van der Waals surface area contributed by atoms with E-state index in [1.165, 1.54) is 97.1 Å². The number of aliphatic hydroxyl groups is 1. The van der Waals surface area contributed by atoms with Crippen LogP contribution in [0.25, 0.3) is 21.8 Å². The number of carbonyl (C=O) groups is 13. The molecule has 0 spiro atoms. The summed E-state index contributed by atoms with van der Waals surface area (Å²) in [6, 6.07) is 16.6. The summed E-state index contributed by atoms with van der Waals surface area (Å²) in [6.07, 6.45) is -0.860. The Morgan fingerprint density at radius 3 is 1.07 bits per heavy atom. The smallest absolute Gasteiger partial charge is 0.245 e. The van der Waals surface area contributed by atoms with Gasteiger partial charge in [0.05, 0.1) is 11.9 Å². The van der Waals surface area contributed by atoms with Crippen molar-refractivity contribution in [3.8, 4) is 23.0 Å². The first-order chi connectivity index (χ1) is 62.0. The van der Waals surface area contributed by atoms with Gasteiger partial charge in [-0.25, -0.2) is 0 Å². The number of thioether (sulfide) groups is 1. The van der Waals surface area contributed by atoms with Crippen LogP contribution in [0.4, 0.5) is 0 Å². The van der Waals surface area contributed by atoms with Crippen molar-refractivity contribution in [2.45, 2.75) is 184 Å². The fourth-order valence-electron chi connectivity index (χ4n) is 14.6. The number of amides is 13. The molecule has 1 fully saturated rings. The number of primary amides is 1. The average molecular weight is 1810 g/mol. The minimum Gasteiger partial charge on any atom is -0.508 e. The van der Waals surface area contributed by atoms with Gasteiger partial charge in [0.15, 0.2) is 11.9 Å². The number of guanidine groups is 2. The fourth-order valence-corrected chi connectivity index (χ4v) is 15.5. The van der Waals surface area contributed by atoms with Crippen molar-refractivity contribution >= 4 is 122 Å². The Morgan fingerprint density at radius 1 is 0.400 bits per heavy atom. The number of aromatic amines is 2. The van der Waals surface area contributed by atoms with Crippen molar-refractivity contribution in [1.82, 2.24) is 84.4 Å². The number of carbonyl (C=O) groups excluding carboxylic acids is 13. The summed E-state index contributed by atoms with van der Waals surface area (Å²) < 4.78 is 0. The Bertz CT molecular complexity index is 5310. The molecule has 694 valence electrons. The molecule has 14 atom stereocenters. The van der Waals surface area contributed by atoms with E-state index in [1.807, 2.05) is 0 Å². The molecule has 1 saturated heterocycles. The van der Waals surface area contributed by atoms with Crippen LogP contribution in [-0.4, -0.2) is 227 Å². The van der Waals surface area contributed by atoms with Crippen LogP contribution in [0.15, 0.2) is 158 Å². The van der Waals surface area contributed by atoms with Crippen molar-refractivity contribution in [2.75, 3.05) is 24.6 Å². The summed E-state index contributed by atoms with van der Waals surface area (Å²) in [5, 5.41) is 108. The molecule has 1 aliphatic heterocycles. The van der Waals surface area contributed by atoms with E-state index in [4.69, 9.17) is 28.0 Å². The minimum absolute atomic E-state index is 0.00493. The predicted octanol–water partition coefficient (Wildman–Crippen LogP) is -0.113. The molecule has 3 heterocycles. The lowest BCUT2D eigenvalue weighted by Crippen LogP contribution is -2.63. The number of phenolic OH excluding ortho intramolecular Hbond substituents is 4. The second-order valence-electron chi connectivity index (χ2n) is 32.4. The number of benzene rings is 6. The molecule has 13 amide bonds. The van der Waals surface area contributed by atoms with Crippen LogP contribution in [0.1, 0.15) is 100 Å². The van der Waals surface area contributed by atoms with Gasteiger partial charge in [0.1, 0.15) is 95.5 Å². The number of hydrogen-bond donors (Lipinski definition) is 26. The molecule has 0 bridgehead atoms. The summed E-state index contributed by atoms with van der Waals surface area (Å²) in [5.74, 6) is -16.9. The number of aromatic hydroxyl groups is 4. The predicted molar refractivity (Wildman–Crippen MR) is 485 cm³/mol. The molecule has 2 aromatic heterocycles. The third-order valence-electron chi connectivity index (χ3n) is 22.0. The summed E-state index contributed by atoms with van der Waals surface area (Å²) in [7, 11) is 0. The average Bonchev–Trinajstić information content (AvgIpc) is 1.65. The molecule has 6 aromatic carbocycles. The van der Waals surface area contributed by atoms with Crippen LogP contribution in [0.2, 0.25) is 0 Å². The lowest BCUT2D eigenvalue weighted by molar-refractivity contribution is -0.137. The van der Waals surface area contributed by atoms with E-state index in [1.54, 1.807) is 88.6 Å². The summed E-state index contributed by atoms with van der Waals surface area (Å²) >= 11 is 0.803. The van der Waals surface area contributed by atoms with Gasteiger partial charge >= 0.3 is 0 Å². The topological polar surface area (TPSA) is 649 Å². The zero-order chi connectivity index (χ0) is 94.4. The van der Waals surface area contributed by atoms with E-state index >= 15 is 38.4 Å². The number of fused-ring (bicyclic) bond motifs is 2. The molecule has 130 heavy (non-hydrogen) atoms. The molecule has 40 heteroatoms. The van der Waals surface area contributed by atoms with E-state index in [0.29, 0.717) is 55.2 Å². The summed E-state index contributed by atoms with van der Waals surface area (Å²) in [5.41, 5.74) is 20.8. The fraction of sp³-hybridized carbons (Fsp3) is 0.389. The normalized spacial score (nSPS) is 22.2. The van der Waals surface area contributed by atoms with E-state index < -0.39 is 198 Å². The lowest BCUT2D eigenvalue weighted by Gasteiger charge is -2.30. The molecule has 0 radical (unpaired) electrons. The van der Waals surface area contributed by atoms with E-state index in [-0.39, 0.29) is 99.6 Å². The van der Waals surface area contributed by atoms with E-state index in [9.17, 15) is 49.5 Å². The first kappa shape index (κ1) is 99.3. The maximum absolute atomic E-state index is 15.6. The number of H-pyrrole nitrogens is 2. The number of para-hydroxylation sites is 2. The number of nitrogens with one attached hydrogen (secondary N) is 18. The van der Waals surface area contributed by atoms with E-state index in [0.717, 1.165) is 18.7 Å². The Labute approximate surface area is 753 Å². The van der Waals surface area contributed by atoms with Gasteiger partial charge in [-0.2, -0.15) is 0 Å². The second kappa shape index (κ2) is 47.9. The highest BCUT2D eigenvalue weighted by atomic mass is 32.2. The van der Waals surface area contributed by atoms with Gasteiger partial charge in [-0.3, -0.25) is 73.1 Å². The molecular formula is C90H115N21O18S. The van der Waals surface area contributed by atoms with Crippen molar-refractivity contribution in [1.29, 1.82) is 10.8 Å². The lowest BCUT2D eigenvalue weighted by atomic mass is 9.95. The summed E-state index contributed by atoms with van der Waals surface area (Å²) in [6.45, 7) is 7.67. The largest absolute Gasteiger partial charge is 0.508 e. The van der Waals surface area contributed by atoms with Crippen LogP contribution in [0.5, 0.6) is 23.0 Å². The van der Waals surface area contributed by atoms with Gasteiger partial charge in [0, 0.05) is 91.6 Å². The Kier molecular flexibility index (Phi) is 36.6. The van der Waals surface area contributed by atoms with Crippen molar-refractivity contribution in [3.63, 3.8) is 0 Å². The molecule has 0 aliphatic carbocycles. The third-order valence-corrected chi connectivity index (χ3v) is 23.1. The van der Waals surface area contributed by atoms with Gasteiger partial charge in [-0.15, -0.1) is 11.8 Å². The molecule has 0 unspecified atom stereocenters. The maximum Gasteiger partial charge on any atom is 0.245 e. The van der Waals surface area contributed by atoms with Gasteiger partial charge in [0.2, 0.25) is 76.8 Å². The van der Waals surface area contributed by atoms with E-state index in [2.05, 4.69) is 84.4 Å². The minimum atomic E-state index is -1.99. The molecule has 9 rings (SSSR count). The van der Waals surface area contributed by atoms with Crippen LogP contribution in [0, 0.1) is 22.7 Å². The molecule has 1 aliphatic rings. The summed E-state index contributed by atoms with van der Waals surface area (Å²) in [4.78, 5) is 202. The molecule has 29 N–H and O–H groups in total. The zero-order valence-electron chi connectivity index (χ0n) is 72.5. The first-order valence-corrected chi connectivity index (χ1v) is 43.7. The van der Waals surface area contributed by atoms with Crippen molar-refractivity contribution < 1.29 is 87.9 Å². The van der Waals surface area contributed by atoms with Crippen LogP contribution in [0.3, 0.4) is 0 Å². The van der Waals surface area contributed by atoms with Gasteiger partial charge in [-0.1, -0.05) is 119 Å². The van der Waals surface area contributed by atoms with Crippen LogP contribution < -0.4 is 91.6 Å². The number of phenols is 4. The highest BCUT2D eigenvalue weighted by Crippen LogP contribution is 2.25. The number of nitrogens with two attached hydrogens (primary N) is 3. The Morgan fingerprint density at radius 2 is 0.708 bits per heavy atom. The highest BCUT2D eigenvalue weighted by molar-refractivity contribution is 8.00. The molecule has 39 nitrogen and oxygen atoms in total. The van der Waals surface area contributed by atoms with Crippen LogP contribution in [-0.2, 0) is 101 Å². The highest BCUT2D eigenvalue weighted by Gasteiger charge is 2.40. The van der Waals surface area contributed by atoms with Gasteiger partial charge < -0.3 is 127 Å². The zero-order valence-corrected chi connectivity index (χ0v) is 73.3. The molecule has 8 aromatic rings. The number of rotatable bonds is 25. The van der Waals surface area contributed by atoms with Crippen LogP contribution >= 0.6 is 11.8 Å². The quantitative estimate of drug-likeness (QED) is 0.0202. The number of aliphatic hydroxyl groups excluding tert-OH is 1. The Balaban J connectivity index is 1.14. The van der Waals surface area contributed by atoms with Crippen molar-refractivity contribution in [3.05, 3.63) is 191 Å². The van der Waals surface area contributed by atoms with Crippen molar-refractivity contribution in [2.24, 2.45) is 29.0 Å². The SMILES string of the molecule is CC[C@H](C)[C@@H]1NC(=O)[C@@H](Cc2ccc(O)cc2)NC(=O)CSC[C@@H](C(N)=O)NC(=O)[C@H](CCCNC(=N)N)NC(=O)[C@H](Cc2c[nH]c3ccccc23)NC(=O)[C@H](Cc2c[nH]c3ccccc23)NC(=O)[C@H]([C@@H](C)O)NC(=O)[C@H](Cc2ccc(O)cc2)NC(=O)[C@H](Cc2ccc(O)cc2)NC(=O)[C@H](CCCNC(=N)N)NC(=O)[C@H](Cc2ccc(O)cc2)NC(=O)[C@H](C(C)C)NC1=O. The molecule has 0 saturated carbocycles. The third kappa shape index (κ3) is 29.8. The Hall–Kier alpha value is -14.4. The monoisotopic (exact) mass is 1810 g/mol. The first-order valence-electron chi connectivity index (χ1n) is 42.6.